The van der Waals surface area contributed by atoms with Gasteiger partial charge in [0.05, 0.1) is 0 Å². The zero-order valence-electron chi connectivity index (χ0n) is 6.88. The van der Waals surface area contributed by atoms with Gasteiger partial charge in [-0.2, -0.15) is 0 Å². The van der Waals surface area contributed by atoms with Gasteiger partial charge in [-0.3, -0.25) is 9.59 Å². The Morgan fingerprint density at radius 1 is 1.36 bits per heavy atom. The van der Waals surface area contributed by atoms with E-state index in [1.807, 2.05) is 0 Å². The molecule has 2 nitrogen and oxygen atoms in total. The van der Waals surface area contributed by atoms with Crippen molar-refractivity contribution < 1.29 is 9.59 Å². The van der Waals surface area contributed by atoms with E-state index < -0.39 is 0 Å². The zero-order chi connectivity index (χ0) is 8.53. The van der Waals surface area contributed by atoms with Crippen LogP contribution in [-0.4, -0.2) is 12.1 Å². The normalized spacial score (nSPS) is 10.3. The van der Waals surface area contributed by atoms with Crippen LogP contribution in [0, 0.1) is 0 Å². The summed E-state index contributed by atoms with van der Waals surface area (Å²) in [5, 5.41) is 0. The molecule has 0 aromatic carbocycles. The van der Waals surface area contributed by atoms with Crippen LogP contribution in [0.1, 0.15) is 32.6 Å². The first kappa shape index (κ1) is 10.1. The number of aldehydes is 1. The summed E-state index contributed by atoms with van der Waals surface area (Å²) in [6.07, 6.45) is 6.90. The van der Waals surface area contributed by atoms with E-state index in [0.717, 1.165) is 19.3 Å². The molecule has 0 saturated carbocycles. The van der Waals surface area contributed by atoms with E-state index in [-0.39, 0.29) is 5.78 Å². The quantitative estimate of drug-likeness (QED) is 0.332. The first-order valence-corrected chi connectivity index (χ1v) is 3.96. The van der Waals surface area contributed by atoms with Crippen molar-refractivity contribution in [3.05, 3.63) is 12.2 Å². The van der Waals surface area contributed by atoms with Crippen molar-refractivity contribution in [2.24, 2.45) is 0 Å². The Hall–Kier alpha value is -0.920. The predicted molar refractivity (Wildman–Crippen MR) is 44.4 cm³/mol. The summed E-state index contributed by atoms with van der Waals surface area (Å²) in [5.74, 6) is 0.0468. The Kier molecular flexibility index (Phi) is 6.59. The molecule has 0 radical (unpaired) electrons. The Balaban J connectivity index is 3.37. The van der Waals surface area contributed by atoms with Gasteiger partial charge in [-0.15, -0.1) is 0 Å². The molecule has 0 aromatic heterocycles. The van der Waals surface area contributed by atoms with Crippen molar-refractivity contribution in [1.29, 1.82) is 0 Å². The van der Waals surface area contributed by atoms with E-state index in [1.54, 1.807) is 0 Å². The molecule has 0 aliphatic rings. The Morgan fingerprint density at radius 2 is 2.09 bits per heavy atom. The van der Waals surface area contributed by atoms with Gasteiger partial charge in [-0.1, -0.05) is 19.8 Å². The first-order chi connectivity index (χ1) is 5.31. The predicted octanol–water partition coefficient (Wildman–Crippen LogP) is 1.89. The zero-order valence-corrected chi connectivity index (χ0v) is 6.88. The van der Waals surface area contributed by atoms with Gasteiger partial charge in [0.2, 0.25) is 0 Å². The summed E-state index contributed by atoms with van der Waals surface area (Å²) in [4.78, 5) is 20.6. The molecular weight excluding hydrogens is 140 g/mol. The number of allylic oxidation sites excluding steroid dienone is 2. The number of carbonyl (C=O) groups excluding carboxylic acids is 2. The maximum atomic E-state index is 10.8. The van der Waals surface area contributed by atoms with Crippen molar-refractivity contribution in [3.63, 3.8) is 0 Å². The molecule has 0 N–H and O–H groups in total. The topological polar surface area (TPSA) is 34.1 Å². The number of ketones is 1. The molecule has 0 fully saturated rings. The van der Waals surface area contributed by atoms with Crippen molar-refractivity contribution in [3.8, 4) is 0 Å². The SMILES string of the molecule is CCCCCC(=O)C=CC=O. The molecule has 0 atom stereocenters. The van der Waals surface area contributed by atoms with E-state index in [1.165, 1.54) is 12.2 Å². The van der Waals surface area contributed by atoms with Gasteiger partial charge < -0.3 is 0 Å². The van der Waals surface area contributed by atoms with Gasteiger partial charge in [-0.25, -0.2) is 0 Å². The second-order valence-corrected chi connectivity index (χ2v) is 2.42. The minimum absolute atomic E-state index is 0.0468. The van der Waals surface area contributed by atoms with Crippen molar-refractivity contribution >= 4 is 12.1 Å². The van der Waals surface area contributed by atoms with Crippen LogP contribution in [0.5, 0.6) is 0 Å². The third-order valence-electron chi connectivity index (χ3n) is 1.39. The molecule has 11 heavy (non-hydrogen) atoms. The van der Waals surface area contributed by atoms with Crippen LogP contribution >= 0.6 is 0 Å². The first-order valence-electron chi connectivity index (χ1n) is 3.96. The molecule has 62 valence electrons. The summed E-state index contributed by atoms with van der Waals surface area (Å²) in [5.41, 5.74) is 0. The van der Waals surface area contributed by atoms with Crippen LogP contribution < -0.4 is 0 Å². The maximum absolute atomic E-state index is 10.8. The highest BCUT2D eigenvalue weighted by molar-refractivity contribution is 5.92. The summed E-state index contributed by atoms with van der Waals surface area (Å²) >= 11 is 0. The fourth-order valence-corrected chi connectivity index (χ4v) is 0.779. The molecule has 0 heterocycles. The van der Waals surface area contributed by atoms with Gasteiger partial charge in [0.15, 0.2) is 5.78 Å². The molecule has 0 amide bonds. The van der Waals surface area contributed by atoms with Crippen molar-refractivity contribution in [1.82, 2.24) is 0 Å². The maximum Gasteiger partial charge on any atom is 0.155 e. The van der Waals surface area contributed by atoms with Crippen LogP contribution in [0.15, 0.2) is 12.2 Å². The Labute approximate surface area is 67.3 Å². The molecule has 0 aliphatic carbocycles. The second kappa shape index (κ2) is 7.19. The van der Waals surface area contributed by atoms with Gasteiger partial charge >= 0.3 is 0 Å². The van der Waals surface area contributed by atoms with Crippen LogP contribution in [0.25, 0.3) is 0 Å². The second-order valence-electron chi connectivity index (χ2n) is 2.42. The fraction of sp³-hybridized carbons (Fsp3) is 0.556. The van der Waals surface area contributed by atoms with E-state index in [9.17, 15) is 9.59 Å². The number of hydrogen-bond acceptors (Lipinski definition) is 2. The highest BCUT2D eigenvalue weighted by Gasteiger charge is 1.94. The van der Waals surface area contributed by atoms with Gasteiger partial charge in [0.1, 0.15) is 6.29 Å². The molecule has 0 bridgehead atoms. The molecule has 2 heteroatoms. The van der Waals surface area contributed by atoms with E-state index >= 15 is 0 Å². The average molecular weight is 154 g/mol. The summed E-state index contributed by atoms with van der Waals surface area (Å²) in [6, 6.07) is 0. The number of rotatable bonds is 6. The number of unbranched alkanes of at least 4 members (excludes halogenated alkanes) is 2. The van der Waals surface area contributed by atoms with Gasteiger partial charge in [0.25, 0.3) is 0 Å². The monoisotopic (exact) mass is 154 g/mol. The van der Waals surface area contributed by atoms with Crippen LogP contribution in [-0.2, 0) is 9.59 Å². The lowest BCUT2D eigenvalue weighted by Gasteiger charge is -1.92. The van der Waals surface area contributed by atoms with Crippen molar-refractivity contribution in [2.75, 3.05) is 0 Å². The van der Waals surface area contributed by atoms with Crippen LogP contribution in [0.4, 0.5) is 0 Å². The highest BCUT2D eigenvalue weighted by atomic mass is 16.1. The van der Waals surface area contributed by atoms with Crippen molar-refractivity contribution in [2.45, 2.75) is 32.6 Å². The lowest BCUT2D eigenvalue weighted by atomic mass is 10.1. The Bertz CT molecular complexity index is 148. The summed E-state index contributed by atoms with van der Waals surface area (Å²) in [6.45, 7) is 2.09. The summed E-state index contributed by atoms with van der Waals surface area (Å²) in [7, 11) is 0. The molecule has 0 aromatic rings. The molecule has 0 aliphatic heterocycles. The molecule has 0 spiro atoms. The highest BCUT2D eigenvalue weighted by Crippen LogP contribution is 1.99. The molecular formula is C9H14O2. The number of carbonyl (C=O) groups is 2. The van der Waals surface area contributed by atoms with E-state index in [0.29, 0.717) is 12.7 Å². The van der Waals surface area contributed by atoms with Crippen LogP contribution in [0.3, 0.4) is 0 Å². The smallest absolute Gasteiger partial charge is 0.155 e. The lowest BCUT2D eigenvalue weighted by molar-refractivity contribution is -0.115. The lowest BCUT2D eigenvalue weighted by Crippen LogP contribution is -1.91. The molecule has 0 saturated heterocycles. The molecule has 0 rings (SSSR count). The third kappa shape index (κ3) is 6.97. The fourth-order valence-electron chi connectivity index (χ4n) is 0.779. The van der Waals surface area contributed by atoms with Gasteiger partial charge in [0, 0.05) is 6.42 Å². The molecule has 0 unspecified atom stereocenters. The average Bonchev–Trinajstić information content (AvgIpc) is 2.01. The van der Waals surface area contributed by atoms with E-state index in [2.05, 4.69) is 6.92 Å². The largest absolute Gasteiger partial charge is 0.299 e. The van der Waals surface area contributed by atoms with Crippen LogP contribution in [0.2, 0.25) is 0 Å². The Morgan fingerprint density at radius 3 is 2.64 bits per heavy atom. The van der Waals surface area contributed by atoms with Gasteiger partial charge in [-0.05, 0) is 18.6 Å². The summed E-state index contributed by atoms with van der Waals surface area (Å²) < 4.78 is 0. The minimum Gasteiger partial charge on any atom is -0.299 e. The standard InChI is InChI=1S/C9H14O2/c1-2-3-4-6-9(11)7-5-8-10/h5,7-8H,2-4,6H2,1H3. The number of hydrogen-bond donors (Lipinski definition) is 0. The van der Waals surface area contributed by atoms with E-state index in [4.69, 9.17) is 0 Å². The third-order valence-corrected chi connectivity index (χ3v) is 1.39. The minimum atomic E-state index is 0.0468.